The molecule has 1 amide bonds. The number of carbonyl (C=O) groups is 1. The zero-order valence-electron chi connectivity index (χ0n) is 11.3. The van der Waals surface area contributed by atoms with Gasteiger partial charge in [0.1, 0.15) is 12.2 Å². The number of aromatic nitrogens is 3. The van der Waals surface area contributed by atoms with Crippen molar-refractivity contribution in [1.29, 1.82) is 0 Å². The molecule has 0 saturated heterocycles. The molecular formula is C16H14N4O. The molecule has 0 saturated carbocycles. The third-order valence-electron chi connectivity index (χ3n) is 3.14. The normalized spacial score (nSPS) is 10.3. The van der Waals surface area contributed by atoms with Gasteiger partial charge in [-0.1, -0.05) is 48.5 Å². The Kier molecular flexibility index (Phi) is 3.73. The number of rotatable bonds is 4. The van der Waals surface area contributed by atoms with Crippen LogP contribution in [0.4, 0.5) is 0 Å². The van der Waals surface area contributed by atoms with Gasteiger partial charge in [0.25, 0.3) is 5.91 Å². The van der Waals surface area contributed by atoms with Crippen molar-refractivity contribution >= 4 is 5.91 Å². The number of nitrogens with zero attached hydrogens (tertiary/aromatic N) is 2. The fourth-order valence-corrected chi connectivity index (χ4v) is 2.13. The van der Waals surface area contributed by atoms with E-state index in [1.165, 1.54) is 6.33 Å². The largest absolute Gasteiger partial charge is 0.345 e. The van der Waals surface area contributed by atoms with Gasteiger partial charge in [0.15, 0.2) is 0 Å². The number of hydrogen-bond acceptors (Lipinski definition) is 3. The van der Waals surface area contributed by atoms with Crippen LogP contribution in [-0.2, 0) is 6.54 Å². The lowest BCUT2D eigenvalue weighted by molar-refractivity contribution is 0.0950. The first-order valence-electron chi connectivity index (χ1n) is 6.61. The number of H-pyrrole nitrogens is 1. The van der Waals surface area contributed by atoms with Crippen LogP contribution in [0.25, 0.3) is 11.1 Å². The van der Waals surface area contributed by atoms with Crippen molar-refractivity contribution in [2.75, 3.05) is 0 Å². The van der Waals surface area contributed by atoms with Crippen molar-refractivity contribution in [1.82, 2.24) is 20.5 Å². The number of carbonyl (C=O) groups excluding carboxylic acids is 1. The maximum absolute atomic E-state index is 12.4. The summed E-state index contributed by atoms with van der Waals surface area (Å²) in [4.78, 5) is 16.3. The Labute approximate surface area is 122 Å². The maximum atomic E-state index is 12.4. The molecule has 0 aliphatic heterocycles. The highest BCUT2D eigenvalue weighted by Gasteiger charge is 2.12. The first kappa shape index (κ1) is 13.1. The molecule has 5 nitrogen and oxygen atoms in total. The third-order valence-corrected chi connectivity index (χ3v) is 3.14. The SMILES string of the molecule is O=C(NCc1ncn[nH]1)c1ccccc1-c1ccccc1. The third kappa shape index (κ3) is 2.97. The van der Waals surface area contributed by atoms with Crippen molar-refractivity contribution in [3.05, 3.63) is 72.3 Å². The topological polar surface area (TPSA) is 70.7 Å². The summed E-state index contributed by atoms with van der Waals surface area (Å²) < 4.78 is 0. The first-order chi connectivity index (χ1) is 10.3. The van der Waals surface area contributed by atoms with E-state index in [-0.39, 0.29) is 5.91 Å². The van der Waals surface area contributed by atoms with Crippen LogP contribution in [0.1, 0.15) is 16.2 Å². The standard InChI is InChI=1S/C16H14N4O/c21-16(17-10-15-18-11-19-20-15)14-9-5-4-8-13(14)12-6-2-1-3-7-12/h1-9,11H,10H2,(H,17,21)(H,18,19,20). The average Bonchev–Trinajstić information content (AvgIpc) is 3.07. The lowest BCUT2D eigenvalue weighted by Gasteiger charge is -2.09. The van der Waals surface area contributed by atoms with Crippen LogP contribution in [0.2, 0.25) is 0 Å². The second-order valence-corrected chi connectivity index (χ2v) is 4.53. The summed E-state index contributed by atoms with van der Waals surface area (Å²) >= 11 is 0. The molecule has 0 bridgehead atoms. The van der Waals surface area contributed by atoms with Gasteiger partial charge in [-0.05, 0) is 17.2 Å². The molecule has 0 aliphatic carbocycles. The summed E-state index contributed by atoms with van der Waals surface area (Å²) in [6, 6.07) is 17.4. The molecule has 2 N–H and O–H groups in total. The molecule has 104 valence electrons. The van der Waals surface area contributed by atoms with Crippen LogP contribution in [0, 0.1) is 0 Å². The minimum absolute atomic E-state index is 0.133. The first-order valence-corrected chi connectivity index (χ1v) is 6.61. The summed E-state index contributed by atoms with van der Waals surface area (Å²) in [5.74, 6) is 0.492. The van der Waals surface area contributed by atoms with Crippen molar-refractivity contribution in [3.63, 3.8) is 0 Å². The van der Waals surface area contributed by atoms with E-state index in [2.05, 4.69) is 20.5 Å². The second kappa shape index (κ2) is 6.00. The van der Waals surface area contributed by atoms with Gasteiger partial charge in [0, 0.05) is 5.56 Å². The van der Waals surface area contributed by atoms with Crippen LogP contribution < -0.4 is 5.32 Å². The van der Waals surface area contributed by atoms with Crippen molar-refractivity contribution in [2.45, 2.75) is 6.54 Å². The number of hydrogen-bond donors (Lipinski definition) is 2. The monoisotopic (exact) mass is 278 g/mol. The summed E-state index contributed by atoms with van der Waals surface area (Å²) in [5, 5.41) is 9.30. The van der Waals surface area contributed by atoms with Gasteiger partial charge < -0.3 is 5.32 Å². The maximum Gasteiger partial charge on any atom is 0.252 e. The van der Waals surface area contributed by atoms with Crippen LogP contribution in [0.15, 0.2) is 60.9 Å². The van der Waals surface area contributed by atoms with E-state index in [0.29, 0.717) is 17.9 Å². The Hall–Kier alpha value is -2.95. The quantitative estimate of drug-likeness (QED) is 0.770. The summed E-state index contributed by atoms with van der Waals surface area (Å²) in [5.41, 5.74) is 2.57. The summed E-state index contributed by atoms with van der Waals surface area (Å²) in [6.07, 6.45) is 1.42. The highest BCUT2D eigenvalue weighted by atomic mass is 16.1. The van der Waals surface area contributed by atoms with Crippen LogP contribution in [-0.4, -0.2) is 21.1 Å². The zero-order valence-corrected chi connectivity index (χ0v) is 11.3. The average molecular weight is 278 g/mol. The van der Waals surface area contributed by atoms with Gasteiger partial charge in [-0.15, -0.1) is 0 Å². The predicted octanol–water partition coefficient (Wildman–Crippen LogP) is 2.40. The summed E-state index contributed by atoms with van der Waals surface area (Å²) in [6.45, 7) is 0.321. The number of aromatic amines is 1. The molecule has 0 aliphatic rings. The van der Waals surface area contributed by atoms with Gasteiger partial charge in [-0.2, -0.15) is 5.10 Å². The zero-order chi connectivity index (χ0) is 14.5. The Bertz CT molecular complexity index is 723. The van der Waals surface area contributed by atoms with E-state index in [1.54, 1.807) is 0 Å². The molecule has 0 radical (unpaired) electrons. The predicted molar refractivity (Wildman–Crippen MR) is 79.4 cm³/mol. The van der Waals surface area contributed by atoms with Gasteiger partial charge >= 0.3 is 0 Å². The molecule has 0 fully saturated rings. The minimum atomic E-state index is -0.133. The van der Waals surface area contributed by atoms with E-state index >= 15 is 0 Å². The fourth-order valence-electron chi connectivity index (χ4n) is 2.13. The smallest absolute Gasteiger partial charge is 0.252 e. The molecule has 1 heterocycles. The Balaban J connectivity index is 1.83. The Morgan fingerprint density at radius 2 is 1.81 bits per heavy atom. The van der Waals surface area contributed by atoms with Crippen LogP contribution in [0.3, 0.4) is 0 Å². The second-order valence-electron chi connectivity index (χ2n) is 4.53. The van der Waals surface area contributed by atoms with E-state index in [9.17, 15) is 4.79 Å². The highest BCUT2D eigenvalue weighted by molar-refractivity contribution is 6.00. The molecule has 3 rings (SSSR count). The van der Waals surface area contributed by atoms with E-state index < -0.39 is 0 Å². The fraction of sp³-hybridized carbons (Fsp3) is 0.0625. The lowest BCUT2D eigenvalue weighted by Crippen LogP contribution is -2.24. The molecule has 5 heteroatoms. The molecular weight excluding hydrogens is 264 g/mol. The van der Waals surface area contributed by atoms with Gasteiger partial charge in [-0.3, -0.25) is 9.89 Å². The molecule has 3 aromatic rings. The molecule has 0 spiro atoms. The van der Waals surface area contributed by atoms with Crippen molar-refractivity contribution in [3.8, 4) is 11.1 Å². The van der Waals surface area contributed by atoms with E-state index in [0.717, 1.165) is 11.1 Å². The van der Waals surface area contributed by atoms with Crippen LogP contribution in [0.5, 0.6) is 0 Å². The number of nitrogens with one attached hydrogen (secondary N) is 2. The number of benzene rings is 2. The van der Waals surface area contributed by atoms with E-state index in [1.807, 2.05) is 54.6 Å². The minimum Gasteiger partial charge on any atom is -0.345 e. The van der Waals surface area contributed by atoms with Gasteiger partial charge in [-0.25, -0.2) is 4.98 Å². The van der Waals surface area contributed by atoms with Crippen LogP contribution >= 0.6 is 0 Å². The van der Waals surface area contributed by atoms with Gasteiger partial charge in [0.05, 0.1) is 6.54 Å². The molecule has 1 aromatic heterocycles. The molecule has 2 aromatic carbocycles. The Morgan fingerprint density at radius 1 is 1.05 bits per heavy atom. The highest BCUT2D eigenvalue weighted by Crippen LogP contribution is 2.23. The molecule has 21 heavy (non-hydrogen) atoms. The van der Waals surface area contributed by atoms with Gasteiger partial charge in [0.2, 0.25) is 0 Å². The molecule has 0 unspecified atom stereocenters. The Morgan fingerprint density at radius 3 is 2.57 bits per heavy atom. The van der Waals surface area contributed by atoms with E-state index in [4.69, 9.17) is 0 Å². The lowest BCUT2D eigenvalue weighted by atomic mass is 9.99. The van der Waals surface area contributed by atoms with Crippen molar-refractivity contribution < 1.29 is 4.79 Å². The van der Waals surface area contributed by atoms with Crippen molar-refractivity contribution in [2.24, 2.45) is 0 Å². The molecule has 0 atom stereocenters. The number of amides is 1. The summed E-state index contributed by atoms with van der Waals surface area (Å²) in [7, 11) is 0.